The van der Waals surface area contributed by atoms with E-state index in [-0.39, 0.29) is 0 Å². The molecule has 1 atom stereocenters. The van der Waals surface area contributed by atoms with Gasteiger partial charge in [-0.15, -0.1) is 0 Å². The molecule has 0 spiro atoms. The molecule has 4 heteroatoms. The number of aromatic amines is 1. The fraction of sp³-hybridized carbons (Fsp3) is 0.214. The van der Waals surface area contributed by atoms with Crippen molar-refractivity contribution in [3.63, 3.8) is 0 Å². The Balaban J connectivity index is 2.37. The summed E-state index contributed by atoms with van der Waals surface area (Å²) in [5, 5.41) is 9.44. The number of benzene rings is 1. The topological polar surface area (TPSA) is 91.6 Å². The third kappa shape index (κ3) is 2.16. The van der Waals surface area contributed by atoms with E-state index in [4.69, 9.17) is 11.5 Å². The smallest absolute Gasteiger partial charge is 0.0983 e. The molecule has 4 nitrogen and oxygen atoms in total. The van der Waals surface area contributed by atoms with Crippen molar-refractivity contribution in [2.45, 2.75) is 18.8 Å². The minimum Gasteiger partial charge on any atom is -0.399 e. The Morgan fingerprint density at radius 3 is 2.72 bits per heavy atom. The van der Waals surface area contributed by atoms with Gasteiger partial charge >= 0.3 is 0 Å². The Morgan fingerprint density at radius 1 is 1.33 bits per heavy atom. The van der Waals surface area contributed by atoms with Gasteiger partial charge in [0.15, 0.2) is 0 Å². The van der Waals surface area contributed by atoms with Crippen LogP contribution in [-0.2, 0) is 11.8 Å². The van der Waals surface area contributed by atoms with E-state index in [1.54, 1.807) is 12.1 Å². The average molecular weight is 240 g/mol. The normalized spacial score (nSPS) is 13.8. The summed E-state index contributed by atoms with van der Waals surface area (Å²) in [6.07, 6.45) is 2.34. The van der Waals surface area contributed by atoms with E-state index in [9.17, 15) is 5.26 Å². The molecule has 1 heterocycles. The highest BCUT2D eigenvalue weighted by Gasteiger charge is 2.28. The molecule has 1 unspecified atom stereocenters. The van der Waals surface area contributed by atoms with E-state index in [2.05, 4.69) is 11.1 Å². The number of hydrogen-bond donors (Lipinski definition) is 3. The second-order valence-corrected chi connectivity index (χ2v) is 4.66. The van der Waals surface area contributed by atoms with E-state index in [1.165, 1.54) is 0 Å². The fourth-order valence-electron chi connectivity index (χ4n) is 2.03. The lowest BCUT2D eigenvalue weighted by molar-refractivity contribution is 0.591. The molecule has 0 aliphatic rings. The number of nitrogens with zero attached hydrogens (tertiary/aromatic N) is 1. The highest BCUT2D eigenvalue weighted by molar-refractivity contribution is 5.56. The molecule has 0 aliphatic heterocycles. The highest BCUT2D eigenvalue weighted by Crippen LogP contribution is 2.29. The number of aromatic nitrogens is 1. The molecule has 0 amide bonds. The predicted molar refractivity (Wildman–Crippen MR) is 72.7 cm³/mol. The van der Waals surface area contributed by atoms with Crippen LogP contribution in [0.15, 0.2) is 36.5 Å². The van der Waals surface area contributed by atoms with Crippen LogP contribution in [0.3, 0.4) is 0 Å². The largest absolute Gasteiger partial charge is 0.399 e. The van der Waals surface area contributed by atoms with Gasteiger partial charge in [-0.3, -0.25) is 0 Å². The van der Waals surface area contributed by atoms with Gasteiger partial charge in [0.05, 0.1) is 11.5 Å². The average Bonchev–Trinajstić information content (AvgIpc) is 2.88. The molecule has 0 saturated carbocycles. The van der Waals surface area contributed by atoms with Crippen molar-refractivity contribution in [1.82, 2.24) is 4.98 Å². The van der Waals surface area contributed by atoms with Gasteiger partial charge in [-0.25, -0.2) is 0 Å². The number of hydrogen-bond acceptors (Lipinski definition) is 3. The predicted octanol–water partition coefficient (Wildman–Crippen LogP) is 2.20. The first-order valence-corrected chi connectivity index (χ1v) is 5.74. The molecular formula is C14H16N4. The number of nitrogens with one attached hydrogen (secondary N) is 1. The first-order chi connectivity index (χ1) is 8.55. The fourth-order valence-corrected chi connectivity index (χ4v) is 2.03. The van der Waals surface area contributed by atoms with Gasteiger partial charge in [0.2, 0.25) is 0 Å². The molecule has 0 bridgehead atoms. The van der Waals surface area contributed by atoms with Gasteiger partial charge < -0.3 is 16.5 Å². The third-order valence-electron chi connectivity index (χ3n) is 3.15. The van der Waals surface area contributed by atoms with Crippen LogP contribution in [0.25, 0.3) is 0 Å². The number of nitriles is 1. The summed E-state index contributed by atoms with van der Waals surface area (Å²) >= 11 is 0. The summed E-state index contributed by atoms with van der Waals surface area (Å²) in [6, 6.07) is 11.5. The lowest BCUT2D eigenvalue weighted by Gasteiger charge is -2.21. The lowest BCUT2D eigenvalue weighted by Crippen LogP contribution is -2.24. The Morgan fingerprint density at radius 2 is 2.11 bits per heavy atom. The van der Waals surface area contributed by atoms with E-state index >= 15 is 0 Å². The molecular weight excluding hydrogens is 224 g/mol. The highest BCUT2D eigenvalue weighted by atomic mass is 14.7. The third-order valence-corrected chi connectivity index (χ3v) is 3.15. The summed E-state index contributed by atoms with van der Waals surface area (Å²) in [4.78, 5) is 3.09. The first-order valence-electron chi connectivity index (χ1n) is 5.74. The van der Waals surface area contributed by atoms with Gasteiger partial charge in [-0.1, -0.05) is 0 Å². The standard InChI is InChI=1S/C14H16N4/c1-14(9-15,13-3-2-6-18-13)8-10-7-11(16)4-5-12(10)17/h2-7,18H,8,16-17H2,1H3. The molecule has 1 aromatic heterocycles. The van der Waals surface area contributed by atoms with Gasteiger partial charge in [-0.05, 0) is 49.2 Å². The Bertz CT molecular complexity index is 580. The van der Waals surface area contributed by atoms with Crippen molar-refractivity contribution >= 4 is 11.4 Å². The van der Waals surface area contributed by atoms with Crippen molar-refractivity contribution in [3.8, 4) is 6.07 Å². The summed E-state index contributed by atoms with van der Waals surface area (Å²) < 4.78 is 0. The Labute approximate surface area is 106 Å². The maximum absolute atomic E-state index is 9.44. The molecule has 5 N–H and O–H groups in total. The number of nitrogens with two attached hydrogens (primary N) is 2. The van der Waals surface area contributed by atoms with Crippen LogP contribution in [0.1, 0.15) is 18.2 Å². The van der Waals surface area contributed by atoms with Gasteiger partial charge in [0.25, 0.3) is 0 Å². The van der Waals surface area contributed by atoms with Crippen molar-refractivity contribution in [2.75, 3.05) is 11.5 Å². The molecule has 92 valence electrons. The maximum atomic E-state index is 9.44. The molecule has 0 fully saturated rings. The van der Waals surface area contributed by atoms with Crippen LogP contribution >= 0.6 is 0 Å². The van der Waals surface area contributed by atoms with Crippen molar-refractivity contribution < 1.29 is 0 Å². The lowest BCUT2D eigenvalue weighted by atomic mass is 9.81. The van der Waals surface area contributed by atoms with Gasteiger partial charge in [0, 0.05) is 23.3 Å². The molecule has 18 heavy (non-hydrogen) atoms. The summed E-state index contributed by atoms with van der Waals surface area (Å²) in [5.41, 5.74) is 14.2. The minimum absolute atomic E-state index is 0.529. The molecule has 0 aliphatic carbocycles. The monoisotopic (exact) mass is 240 g/mol. The van der Waals surface area contributed by atoms with Crippen molar-refractivity contribution in [1.29, 1.82) is 5.26 Å². The number of rotatable bonds is 3. The first kappa shape index (κ1) is 12.1. The van der Waals surface area contributed by atoms with Crippen LogP contribution in [0.4, 0.5) is 11.4 Å². The van der Waals surface area contributed by atoms with Crippen LogP contribution in [0, 0.1) is 11.3 Å². The second-order valence-electron chi connectivity index (χ2n) is 4.66. The SMILES string of the molecule is CC(C#N)(Cc1cc(N)ccc1N)c1ccc[nH]1. The van der Waals surface area contributed by atoms with Crippen LogP contribution < -0.4 is 11.5 Å². The van der Waals surface area contributed by atoms with E-state index in [0.29, 0.717) is 17.8 Å². The summed E-state index contributed by atoms with van der Waals surface area (Å²) in [7, 11) is 0. The molecule has 2 aromatic rings. The van der Waals surface area contributed by atoms with E-state index in [0.717, 1.165) is 11.3 Å². The van der Waals surface area contributed by atoms with Crippen LogP contribution in [0.2, 0.25) is 0 Å². The van der Waals surface area contributed by atoms with E-state index in [1.807, 2.05) is 31.3 Å². The molecule has 0 radical (unpaired) electrons. The van der Waals surface area contributed by atoms with E-state index < -0.39 is 5.41 Å². The number of nitrogen functional groups attached to an aromatic ring is 2. The zero-order chi connectivity index (χ0) is 13.2. The number of anilines is 2. The quantitative estimate of drug-likeness (QED) is 0.718. The maximum Gasteiger partial charge on any atom is 0.0983 e. The van der Waals surface area contributed by atoms with Crippen LogP contribution in [0.5, 0.6) is 0 Å². The summed E-state index contributed by atoms with van der Waals surface area (Å²) in [6.45, 7) is 1.89. The van der Waals surface area contributed by atoms with Crippen molar-refractivity contribution in [3.05, 3.63) is 47.8 Å². The molecule has 0 saturated heterocycles. The van der Waals surface area contributed by atoms with Crippen molar-refractivity contribution in [2.24, 2.45) is 0 Å². The molecule has 2 rings (SSSR count). The van der Waals surface area contributed by atoms with Gasteiger partial charge in [-0.2, -0.15) is 5.26 Å². The molecule has 1 aromatic carbocycles. The Hall–Kier alpha value is -2.41. The van der Waals surface area contributed by atoms with Gasteiger partial charge in [0.1, 0.15) is 0 Å². The minimum atomic E-state index is -0.634. The second kappa shape index (κ2) is 4.46. The Kier molecular flexibility index (Phi) is 2.99. The zero-order valence-corrected chi connectivity index (χ0v) is 10.3. The zero-order valence-electron chi connectivity index (χ0n) is 10.3. The summed E-state index contributed by atoms with van der Waals surface area (Å²) in [5.74, 6) is 0. The number of H-pyrrole nitrogens is 1. The van der Waals surface area contributed by atoms with Crippen LogP contribution in [-0.4, -0.2) is 4.98 Å².